The lowest BCUT2D eigenvalue weighted by Gasteiger charge is -2.21. The van der Waals surface area contributed by atoms with E-state index < -0.39 is 0 Å². The fourth-order valence-electron chi connectivity index (χ4n) is 1.88. The highest BCUT2D eigenvalue weighted by atomic mass is 32.2. The number of rotatable bonds is 4. The molecule has 0 aliphatic carbocycles. The molecule has 1 aromatic rings. The van der Waals surface area contributed by atoms with E-state index in [0.717, 1.165) is 38.2 Å². The predicted octanol–water partition coefficient (Wildman–Crippen LogP) is 2.76. The Bertz CT molecular complexity index is 336. The number of hydrogen-bond acceptors (Lipinski definition) is 4. The van der Waals surface area contributed by atoms with Gasteiger partial charge < -0.3 is 10.5 Å². The molecular weight excluding hydrogens is 232 g/mol. The molecule has 0 saturated carbocycles. The molecule has 0 spiro atoms. The second-order valence-electron chi connectivity index (χ2n) is 4.36. The Balaban J connectivity index is 1.93. The third-order valence-electron chi connectivity index (χ3n) is 3.05. The van der Waals surface area contributed by atoms with Gasteiger partial charge in [0.05, 0.1) is 5.69 Å². The summed E-state index contributed by atoms with van der Waals surface area (Å²) in [5.41, 5.74) is 6.93. The van der Waals surface area contributed by atoms with Crippen LogP contribution in [-0.2, 0) is 4.74 Å². The van der Waals surface area contributed by atoms with Crippen LogP contribution in [0.2, 0.25) is 0 Å². The van der Waals surface area contributed by atoms with Gasteiger partial charge >= 0.3 is 0 Å². The van der Waals surface area contributed by atoms with Crippen LogP contribution in [0.3, 0.4) is 0 Å². The molecule has 0 unspecified atom stereocenters. The van der Waals surface area contributed by atoms with Gasteiger partial charge in [-0.2, -0.15) is 0 Å². The number of ether oxygens (including phenoxy) is 1. The number of nitrogens with zero attached hydrogens (tertiary/aromatic N) is 1. The van der Waals surface area contributed by atoms with Gasteiger partial charge in [-0.15, -0.1) is 11.8 Å². The Morgan fingerprint density at radius 2 is 2.24 bits per heavy atom. The smallest absolute Gasteiger partial charge is 0.0571 e. The molecule has 1 aromatic heterocycles. The fraction of sp³-hybridized carbons (Fsp3) is 0.615. The van der Waals surface area contributed by atoms with Crippen molar-refractivity contribution in [1.29, 1.82) is 0 Å². The molecule has 1 saturated heterocycles. The van der Waals surface area contributed by atoms with Gasteiger partial charge in [-0.05, 0) is 31.4 Å². The first kappa shape index (κ1) is 12.9. The predicted molar refractivity (Wildman–Crippen MR) is 71.2 cm³/mol. The summed E-state index contributed by atoms with van der Waals surface area (Å²) in [7, 11) is 0. The van der Waals surface area contributed by atoms with Crippen molar-refractivity contribution in [3.05, 3.63) is 24.0 Å². The van der Waals surface area contributed by atoms with E-state index in [-0.39, 0.29) is 6.04 Å². The molecule has 1 aliphatic heterocycles. The lowest BCUT2D eigenvalue weighted by atomic mass is 10.1. The summed E-state index contributed by atoms with van der Waals surface area (Å²) in [5.74, 6) is 0. The second-order valence-corrected chi connectivity index (χ2v) is 5.74. The zero-order valence-corrected chi connectivity index (χ0v) is 11.1. The topological polar surface area (TPSA) is 48.1 Å². The van der Waals surface area contributed by atoms with Crippen LogP contribution in [0, 0.1) is 0 Å². The van der Waals surface area contributed by atoms with E-state index in [1.807, 2.05) is 18.0 Å². The third-order valence-corrected chi connectivity index (χ3v) is 4.37. The van der Waals surface area contributed by atoms with Crippen LogP contribution < -0.4 is 5.73 Å². The summed E-state index contributed by atoms with van der Waals surface area (Å²) in [6, 6.07) is 4.26. The zero-order valence-electron chi connectivity index (χ0n) is 10.3. The molecule has 0 aromatic carbocycles. The molecule has 1 fully saturated rings. The third kappa shape index (κ3) is 3.69. The van der Waals surface area contributed by atoms with Gasteiger partial charge in [0.1, 0.15) is 0 Å². The van der Waals surface area contributed by atoms with Crippen LogP contribution in [0.15, 0.2) is 23.2 Å². The summed E-state index contributed by atoms with van der Waals surface area (Å²) in [6.07, 6.45) is 5.16. The number of nitrogens with two attached hydrogens (primary N) is 1. The Kier molecular flexibility index (Phi) is 4.83. The lowest BCUT2D eigenvalue weighted by molar-refractivity contribution is 0.100. The largest absolute Gasteiger partial charge is 0.381 e. The first-order valence-corrected chi connectivity index (χ1v) is 7.13. The van der Waals surface area contributed by atoms with E-state index in [2.05, 4.69) is 24.0 Å². The average Bonchev–Trinajstić information content (AvgIpc) is 2.40. The molecule has 2 rings (SSSR count). The first-order valence-electron chi connectivity index (χ1n) is 6.25. The summed E-state index contributed by atoms with van der Waals surface area (Å²) < 4.78 is 5.36. The Labute approximate surface area is 107 Å². The summed E-state index contributed by atoms with van der Waals surface area (Å²) in [6.45, 7) is 3.87. The maximum Gasteiger partial charge on any atom is 0.0571 e. The number of thioether (sulfide) groups is 1. The van der Waals surface area contributed by atoms with Gasteiger partial charge in [-0.3, -0.25) is 4.98 Å². The fourth-order valence-corrected chi connectivity index (χ4v) is 2.95. The lowest BCUT2D eigenvalue weighted by Crippen LogP contribution is -2.17. The SMILES string of the molecule is CC[C@@H](N)c1ccc(SC2CCOCC2)cn1. The minimum atomic E-state index is 0.0668. The zero-order chi connectivity index (χ0) is 12.1. The summed E-state index contributed by atoms with van der Waals surface area (Å²) in [4.78, 5) is 5.68. The van der Waals surface area contributed by atoms with Crippen molar-refractivity contribution in [2.24, 2.45) is 5.73 Å². The van der Waals surface area contributed by atoms with Gasteiger partial charge in [-0.25, -0.2) is 0 Å². The highest BCUT2D eigenvalue weighted by Crippen LogP contribution is 2.29. The molecule has 94 valence electrons. The molecule has 1 aliphatic rings. The van der Waals surface area contributed by atoms with E-state index in [9.17, 15) is 0 Å². The highest BCUT2D eigenvalue weighted by molar-refractivity contribution is 8.00. The van der Waals surface area contributed by atoms with Crippen LogP contribution >= 0.6 is 11.8 Å². The number of hydrogen-bond donors (Lipinski definition) is 1. The van der Waals surface area contributed by atoms with Gasteiger partial charge in [0.15, 0.2) is 0 Å². The van der Waals surface area contributed by atoms with E-state index in [1.54, 1.807) is 0 Å². The molecule has 0 bridgehead atoms. The van der Waals surface area contributed by atoms with Gasteiger partial charge in [0.25, 0.3) is 0 Å². The minimum Gasteiger partial charge on any atom is -0.381 e. The molecular formula is C13H20N2OS. The number of aromatic nitrogens is 1. The highest BCUT2D eigenvalue weighted by Gasteiger charge is 2.15. The van der Waals surface area contributed by atoms with E-state index >= 15 is 0 Å². The quantitative estimate of drug-likeness (QED) is 0.895. The van der Waals surface area contributed by atoms with Crippen LogP contribution in [0.25, 0.3) is 0 Å². The maximum atomic E-state index is 5.94. The molecule has 4 heteroatoms. The van der Waals surface area contributed by atoms with Crippen molar-refractivity contribution in [2.75, 3.05) is 13.2 Å². The van der Waals surface area contributed by atoms with Crippen molar-refractivity contribution < 1.29 is 4.74 Å². The van der Waals surface area contributed by atoms with E-state index in [0.29, 0.717) is 5.25 Å². The van der Waals surface area contributed by atoms with E-state index in [1.165, 1.54) is 4.90 Å². The molecule has 17 heavy (non-hydrogen) atoms. The minimum absolute atomic E-state index is 0.0668. The Morgan fingerprint density at radius 3 is 2.82 bits per heavy atom. The van der Waals surface area contributed by atoms with Crippen molar-refractivity contribution in [3.63, 3.8) is 0 Å². The number of pyridine rings is 1. The molecule has 1 atom stereocenters. The van der Waals surface area contributed by atoms with Crippen LogP contribution in [-0.4, -0.2) is 23.4 Å². The Hall–Kier alpha value is -0.580. The van der Waals surface area contributed by atoms with E-state index in [4.69, 9.17) is 10.5 Å². The first-order chi connectivity index (χ1) is 8.29. The molecule has 0 radical (unpaired) electrons. The summed E-state index contributed by atoms with van der Waals surface area (Å²) in [5, 5.41) is 0.677. The van der Waals surface area contributed by atoms with Crippen molar-refractivity contribution in [1.82, 2.24) is 4.98 Å². The maximum absolute atomic E-state index is 5.94. The molecule has 2 N–H and O–H groups in total. The van der Waals surface area contributed by atoms with Crippen LogP contribution in [0.1, 0.15) is 37.9 Å². The molecule has 0 amide bonds. The van der Waals surface area contributed by atoms with Crippen LogP contribution in [0.5, 0.6) is 0 Å². The monoisotopic (exact) mass is 252 g/mol. The molecule has 2 heterocycles. The van der Waals surface area contributed by atoms with Crippen LogP contribution in [0.4, 0.5) is 0 Å². The Morgan fingerprint density at radius 1 is 1.47 bits per heavy atom. The average molecular weight is 252 g/mol. The van der Waals surface area contributed by atoms with Crippen molar-refractivity contribution in [3.8, 4) is 0 Å². The van der Waals surface area contributed by atoms with Gasteiger partial charge in [0, 0.05) is 35.6 Å². The second kappa shape index (κ2) is 6.38. The van der Waals surface area contributed by atoms with Gasteiger partial charge in [-0.1, -0.05) is 6.92 Å². The molecule has 3 nitrogen and oxygen atoms in total. The van der Waals surface area contributed by atoms with Crippen molar-refractivity contribution >= 4 is 11.8 Å². The van der Waals surface area contributed by atoms with Gasteiger partial charge in [0.2, 0.25) is 0 Å². The normalized spacial score (nSPS) is 19.2. The summed E-state index contributed by atoms with van der Waals surface area (Å²) >= 11 is 1.91. The standard InChI is InChI=1S/C13H20N2OS/c1-2-12(14)13-4-3-11(9-15-13)17-10-5-7-16-8-6-10/h3-4,9-10,12H,2,5-8,14H2,1H3/t12-/m1/s1. The van der Waals surface area contributed by atoms with Crippen molar-refractivity contribution in [2.45, 2.75) is 42.4 Å².